The van der Waals surface area contributed by atoms with Gasteiger partial charge in [-0.15, -0.1) is 11.3 Å². The zero-order valence-corrected chi connectivity index (χ0v) is 12.8. The molecule has 0 radical (unpaired) electrons. The highest BCUT2D eigenvalue weighted by atomic mass is 32.1. The van der Waals surface area contributed by atoms with Crippen LogP contribution in [-0.2, 0) is 0 Å². The molecule has 1 aliphatic heterocycles. The van der Waals surface area contributed by atoms with Gasteiger partial charge in [-0.3, -0.25) is 4.98 Å². The van der Waals surface area contributed by atoms with Gasteiger partial charge in [0.25, 0.3) is 0 Å². The Morgan fingerprint density at radius 1 is 1.43 bits per heavy atom. The van der Waals surface area contributed by atoms with Gasteiger partial charge in [-0.05, 0) is 43.3 Å². The fourth-order valence-corrected chi connectivity index (χ4v) is 3.63. The fourth-order valence-electron chi connectivity index (χ4n) is 2.76. The number of likely N-dealkylation sites (tertiary alicyclic amines) is 1. The van der Waals surface area contributed by atoms with Crippen LogP contribution in [0.5, 0.6) is 0 Å². The molecule has 5 heteroatoms. The minimum atomic E-state index is -0.0803. The van der Waals surface area contributed by atoms with E-state index in [1.807, 2.05) is 36.1 Å². The molecule has 3 heterocycles. The highest BCUT2D eigenvalue weighted by molar-refractivity contribution is 7.10. The summed E-state index contributed by atoms with van der Waals surface area (Å²) in [6.45, 7) is 2.79. The van der Waals surface area contributed by atoms with Crippen LogP contribution >= 0.6 is 11.3 Å². The van der Waals surface area contributed by atoms with Crippen LogP contribution in [-0.4, -0.2) is 22.5 Å². The van der Waals surface area contributed by atoms with Gasteiger partial charge in [0.2, 0.25) is 0 Å². The molecule has 4 nitrogen and oxygen atoms in total. The first-order valence-electron chi connectivity index (χ1n) is 7.27. The summed E-state index contributed by atoms with van der Waals surface area (Å²) < 4.78 is 0. The molecule has 21 heavy (non-hydrogen) atoms. The third-order valence-electron chi connectivity index (χ3n) is 3.86. The predicted molar refractivity (Wildman–Crippen MR) is 84.2 cm³/mol. The number of nitrogens with zero attached hydrogens (tertiary/aromatic N) is 2. The van der Waals surface area contributed by atoms with Gasteiger partial charge in [-0.2, -0.15) is 0 Å². The molecular weight excluding hydrogens is 282 g/mol. The van der Waals surface area contributed by atoms with Crippen LogP contribution in [0.2, 0.25) is 0 Å². The maximum atomic E-state index is 12.5. The first-order chi connectivity index (χ1) is 10.3. The fraction of sp³-hybridized carbons (Fsp3) is 0.375. The van der Waals surface area contributed by atoms with Crippen molar-refractivity contribution in [3.05, 3.63) is 52.5 Å². The molecule has 0 bridgehead atoms. The van der Waals surface area contributed by atoms with Crippen LogP contribution in [0.1, 0.15) is 42.4 Å². The molecule has 0 unspecified atom stereocenters. The molecule has 1 N–H and O–H groups in total. The topological polar surface area (TPSA) is 45.2 Å². The number of thiophene rings is 1. The smallest absolute Gasteiger partial charge is 0.318 e. The third kappa shape index (κ3) is 3.08. The summed E-state index contributed by atoms with van der Waals surface area (Å²) in [6, 6.07) is 10.1. The lowest BCUT2D eigenvalue weighted by Gasteiger charge is -2.26. The van der Waals surface area contributed by atoms with Gasteiger partial charge in [-0.25, -0.2) is 4.79 Å². The van der Waals surface area contributed by atoms with Gasteiger partial charge < -0.3 is 10.2 Å². The molecule has 1 fully saturated rings. The second-order valence-corrected chi connectivity index (χ2v) is 6.27. The van der Waals surface area contributed by atoms with Gasteiger partial charge in [0.05, 0.1) is 17.8 Å². The van der Waals surface area contributed by atoms with E-state index in [2.05, 4.69) is 21.7 Å². The van der Waals surface area contributed by atoms with Crippen LogP contribution in [0.25, 0.3) is 0 Å². The van der Waals surface area contributed by atoms with Gasteiger partial charge in [0.15, 0.2) is 0 Å². The average molecular weight is 301 g/mol. The number of carbonyl (C=O) groups is 1. The molecule has 2 aromatic heterocycles. The maximum Gasteiger partial charge on any atom is 0.318 e. The lowest BCUT2D eigenvalue weighted by atomic mass is 10.2. The van der Waals surface area contributed by atoms with Gasteiger partial charge in [-0.1, -0.05) is 12.1 Å². The van der Waals surface area contributed by atoms with E-state index < -0.39 is 0 Å². The van der Waals surface area contributed by atoms with Crippen molar-refractivity contribution in [3.63, 3.8) is 0 Å². The summed E-state index contributed by atoms with van der Waals surface area (Å²) >= 11 is 1.72. The predicted octanol–water partition coefficient (Wildman–Crippen LogP) is 3.75. The molecule has 0 saturated carbocycles. The highest BCUT2D eigenvalue weighted by Gasteiger charge is 2.31. The van der Waals surface area contributed by atoms with E-state index in [1.165, 1.54) is 4.88 Å². The number of aromatic nitrogens is 1. The van der Waals surface area contributed by atoms with Crippen molar-refractivity contribution in [2.24, 2.45) is 0 Å². The summed E-state index contributed by atoms with van der Waals surface area (Å²) in [4.78, 5) is 20.0. The van der Waals surface area contributed by atoms with Crippen molar-refractivity contribution in [2.75, 3.05) is 6.54 Å². The number of nitrogens with one attached hydrogen (secondary N) is 1. The molecule has 2 amide bonds. The third-order valence-corrected chi connectivity index (χ3v) is 4.83. The summed E-state index contributed by atoms with van der Waals surface area (Å²) in [7, 11) is 0. The number of carbonyl (C=O) groups excluding carboxylic acids is 1. The van der Waals surface area contributed by atoms with E-state index in [1.54, 1.807) is 17.5 Å². The van der Waals surface area contributed by atoms with Crippen LogP contribution in [0.15, 0.2) is 41.9 Å². The van der Waals surface area contributed by atoms with Gasteiger partial charge in [0.1, 0.15) is 0 Å². The Hall–Kier alpha value is -1.88. The van der Waals surface area contributed by atoms with E-state index in [9.17, 15) is 4.79 Å². The molecule has 3 rings (SSSR count). The summed E-state index contributed by atoms with van der Waals surface area (Å²) in [5.74, 6) is 0. The second-order valence-electron chi connectivity index (χ2n) is 5.29. The number of pyridine rings is 1. The molecule has 0 aliphatic carbocycles. The number of rotatable bonds is 3. The molecule has 0 aromatic carbocycles. The van der Waals surface area contributed by atoms with Crippen LogP contribution in [0, 0.1) is 0 Å². The van der Waals surface area contributed by atoms with Crippen molar-refractivity contribution < 1.29 is 4.79 Å². The SMILES string of the molecule is C[C@@H](NC(=O)N1CCC[C@@H]1c1cccs1)c1ccccn1. The highest BCUT2D eigenvalue weighted by Crippen LogP contribution is 2.34. The Morgan fingerprint density at radius 3 is 3.05 bits per heavy atom. The van der Waals surface area contributed by atoms with E-state index in [0.29, 0.717) is 0 Å². The number of urea groups is 1. The zero-order chi connectivity index (χ0) is 14.7. The quantitative estimate of drug-likeness (QED) is 0.938. The van der Waals surface area contributed by atoms with E-state index in [0.717, 1.165) is 25.1 Å². The molecule has 2 atom stereocenters. The van der Waals surface area contributed by atoms with Crippen LogP contribution in [0.4, 0.5) is 4.79 Å². The lowest BCUT2D eigenvalue weighted by molar-refractivity contribution is 0.190. The first kappa shape index (κ1) is 14.1. The molecule has 2 aromatic rings. The van der Waals surface area contributed by atoms with Crippen molar-refractivity contribution in [1.29, 1.82) is 0 Å². The number of amides is 2. The van der Waals surface area contributed by atoms with Crippen LogP contribution in [0.3, 0.4) is 0 Å². The Morgan fingerprint density at radius 2 is 2.33 bits per heavy atom. The minimum absolute atomic E-state index is 0.00375. The second kappa shape index (κ2) is 6.26. The number of hydrogen-bond acceptors (Lipinski definition) is 3. The Bertz CT molecular complexity index is 585. The van der Waals surface area contributed by atoms with Gasteiger partial charge in [0, 0.05) is 17.6 Å². The van der Waals surface area contributed by atoms with E-state index >= 15 is 0 Å². The van der Waals surface area contributed by atoms with Crippen molar-refractivity contribution in [1.82, 2.24) is 15.2 Å². The van der Waals surface area contributed by atoms with Gasteiger partial charge >= 0.3 is 6.03 Å². The Balaban J connectivity index is 1.67. The maximum absolute atomic E-state index is 12.5. The summed E-state index contributed by atoms with van der Waals surface area (Å²) in [5.41, 5.74) is 0.887. The average Bonchev–Trinajstić information content (AvgIpc) is 3.18. The lowest BCUT2D eigenvalue weighted by Crippen LogP contribution is -2.40. The Labute approximate surface area is 128 Å². The van der Waals surface area contributed by atoms with Crippen molar-refractivity contribution >= 4 is 17.4 Å². The van der Waals surface area contributed by atoms with Crippen LogP contribution < -0.4 is 5.32 Å². The standard InChI is InChI=1S/C16H19N3OS/c1-12(13-6-2-3-9-17-13)18-16(20)19-10-4-7-14(19)15-8-5-11-21-15/h2-3,5-6,8-9,11-12,14H,4,7,10H2,1H3,(H,18,20)/t12-,14-/m1/s1. The summed E-state index contributed by atoms with van der Waals surface area (Å²) in [5, 5.41) is 5.13. The summed E-state index contributed by atoms with van der Waals surface area (Å²) in [6.07, 6.45) is 3.86. The number of hydrogen-bond donors (Lipinski definition) is 1. The molecule has 1 aliphatic rings. The molecule has 0 spiro atoms. The monoisotopic (exact) mass is 301 g/mol. The Kier molecular flexibility index (Phi) is 4.20. The van der Waals surface area contributed by atoms with E-state index in [-0.39, 0.29) is 18.1 Å². The van der Waals surface area contributed by atoms with E-state index in [4.69, 9.17) is 0 Å². The molecular formula is C16H19N3OS. The van der Waals surface area contributed by atoms with Crippen molar-refractivity contribution in [3.8, 4) is 0 Å². The zero-order valence-electron chi connectivity index (χ0n) is 12.0. The largest absolute Gasteiger partial charge is 0.330 e. The minimum Gasteiger partial charge on any atom is -0.330 e. The normalized spacial score (nSPS) is 19.5. The molecule has 1 saturated heterocycles. The molecule has 110 valence electrons. The first-order valence-corrected chi connectivity index (χ1v) is 8.15. The van der Waals surface area contributed by atoms with Crippen molar-refractivity contribution in [2.45, 2.75) is 31.8 Å².